The van der Waals surface area contributed by atoms with E-state index in [0.717, 1.165) is 0 Å². The number of carboxylic acids is 1. The van der Waals surface area contributed by atoms with E-state index in [1.807, 2.05) is 0 Å². The molecule has 0 aliphatic rings. The number of hydrogen-bond acceptors (Lipinski definition) is 2. The molecule has 0 unspecified atom stereocenters. The third-order valence-corrected chi connectivity index (χ3v) is 0.614. The molecule has 0 saturated carbocycles. The van der Waals surface area contributed by atoms with E-state index in [9.17, 15) is 4.79 Å². The molecule has 0 spiro atoms. The molecule has 0 heterocycles. The molecule has 0 rings (SSSR count). The number of rotatable bonds is 4. The second kappa shape index (κ2) is 3.72. The van der Waals surface area contributed by atoms with Gasteiger partial charge in [-0.05, 0) is 6.58 Å². The minimum absolute atomic E-state index is 0.186. The van der Waals surface area contributed by atoms with Crippen molar-refractivity contribution in [3.05, 3.63) is 25.0 Å². The molecule has 0 aliphatic carbocycles. The molecule has 0 fully saturated rings. The van der Waals surface area contributed by atoms with Crippen molar-refractivity contribution in [3.8, 4) is 0 Å². The summed E-state index contributed by atoms with van der Waals surface area (Å²) < 4.78 is 4.54. The summed E-state index contributed by atoms with van der Waals surface area (Å²) in [7, 11) is 0. The molecule has 3 heteroatoms. The second-order valence-corrected chi connectivity index (χ2v) is 1.33. The lowest BCUT2D eigenvalue weighted by Gasteiger charge is -1.98. The van der Waals surface area contributed by atoms with E-state index in [1.165, 1.54) is 6.08 Å². The van der Waals surface area contributed by atoms with Crippen molar-refractivity contribution in [2.45, 2.75) is 0 Å². The monoisotopic (exact) mass is 128 g/mol. The summed E-state index contributed by atoms with van der Waals surface area (Å²) in [5, 5.41) is 8.15. The Hall–Kier alpha value is -1.25. The van der Waals surface area contributed by atoms with Crippen LogP contribution in [-0.2, 0) is 9.53 Å². The first kappa shape index (κ1) is 7.75. The van der Waals surface area contributed by atoms with E-state index in [4.69, 9.17) is 5.11 Å². The van der Waals surface area contributed by atoms with Gasteiger partial charge in [-0.3, -0.25) is 0 Å². The average molecular weight is 128 g/mol. The Kier molecular flexibility index (Phi) is 3.20. The zero-order chi connectivity index (χ0) is 7.28. The van der Waals surface area contributed by atoms with Gasteiger partial charge in [0, 0.05) is 0 Å². The summed E-state index contributed by atoms with van der Waals surface area (Å²) in [5.74, 6) is -1.40. The maximum atomic E-state index is 9.95. The molecule has 0 radical (unpaired) electrons. The Morgan fingerprint density at radius 2 is 2.33 bits per heavy atom. The van der Waals surface area contributed by atoms with Crippen LogP contribution in [0.2, 0.25) is 0 Å². The highest BCUT2D eigenvalue weighted by molar-refractivity contribution is 5.83. The molecule has 0 aromatic carbocycles. The van der Waals surface area contributed by atoms with Crippen molar-refractivity contribution in [2.75, 3.05) is 6.61 Å². The molecule has 0 bridgehead atoms. The molecule has 9 heavy (non-hydrogen) atoms. The molecule has 0 amide bonds. The molecular formula is C6H8O3. The first-order chi connectivity index (χ1) is 4.18. The standard InChI is InChI=1S/C6H8O3/c1-3-4-9-5(2)6(7)8/h3H,1-2,4H2,(H,7,8). The lowest BCUT2D eigenvalue weighted by molar-refractivity contribution is -0.136. The predicted molar refractivity (Wildman–Crippen MR) is 32.9 cm³/mol. The van der Waals surface area contributed by atoms with Gasteiger partial charge in [-0.25, -0.2) is 4.79 Å². The first-order valence-corrected chi connectivity index (χ1v) is 2.34. The normalized spacial score (nSPS) is 8.00. The highest BCUT2D eigenvalue weighted by atomic mass is 16.5. The van der Waals surface area contributed by atoms with Gasteiger partial charge < -0.3 is 9.84 Å². The van der Waals surface area contributed by atoms with E-state index in [1.54, 1.807) is 0 Å². The van der Waals surface area contributed by atoms with Gasteiger partial charge in [-0.15, -0.1) is 0 Å². The fourth-order valence-electron chi connectivity index (χ4n) is 0.221. The fraction of sp³-hybridized carbons (Fsp3) is 0.167. The number of carboxylic acid groups (broad SMARTS) is 1. The van der Waals surface area contributed by atoms with Gasteiger partial charge in [0.15, 0.2) is 5.76 Å². The Morgan fingerprint density at radius 1 is 1.78 bits per heavy atom. The molecule has 0 atom stereocenters. The highest BCUT2D eigenvalue weighted by Crippen LogP contribution is 1.91. The molecular weight excluding hydrogens is 120 g/mol. The topological polar surface area (TPSA) is 46.5 Å². The van der Waals surface area contributed by atoms with Crippen molar-refractivity contribution < 1.29 is 14.6 Å². The fourth-order valence-corrected chi connectivity index (χ4v) is 0.221. The van der Waals surface area contributed by atoms with E-state index < -0.39 is 5.97 Å². The van der Waals surface area contributed by atoms with Crippen molar-refractivity contribution in [3.63, 3.8) is 0 Å². The van der Waals surface area contributed by atoms with E-state index in [2.05, 4.69) is 17.9 Å². The summed E-state index contributed by atoms with van der Waals surface area (Å²) in [6, 6.07) is 0. The van der Waals surface area contributed by atoms with Gasteiger partial charge >= 0.3 is 5.97 Å². The van der Waals surface area contributed by atoms with Gasteiger partial charge in [-0.1, -0.05) is 12.7 Å². The van der Waals surface area contributed by atoms with Crippen LogP contribution in [0.25, 0.3) is 0 Å². The van der Waals surface area contributed by atoms with Crippen LogP contribution in [0.4, 0.5) is 0 Å². The average Bonchev–Trinajstić information content (AvgIpc) is 1.82. The molecule has 1 N–H and O–H groups in total. The summed E-state index contributed by atoms with van der Waals surface area (Å²) in [4.78, 5) is 9.95. The van der Waals surface area contributed by atoms with Gasteiger partial charge in [0.25, 0.3) is 0 Å². The van der Waals surface area contributed by atoms with Crippen LogP contribution in [0.15, 0.2) is 25.0 Å². The zero-order valence-electron chi connectivity index (χ0n) is 4.96. The maximum absolute atomic E-state index is 9.95. The first-order valence-electron chi connectivity index (χ1n) is 2.34. The third-order valence-electron chi connectivity index (χ3n) is 0.614. The van der Waals surface area contributed by atoms with Crippen molar-refractivity contribution in [1.82, 2.24) is 0 Å². The largest absolute Gasteiger partial charge is 0.483 e. The Morgan fingerprint density at radius 3 is 2.67 bits per heavy atom. The van der Waals surface area contributed by atoms with Crippen molar-refractivity contribution in [1.29, 1.82) is 0 Å². The quantitative estimate of drug-likeness (QED) is 0.346. The second-order valence-electron chi connectivity index (χ2n) is 1.33. The zero-order valence-corrected chi connectivity index (χ0v) is 4.96. The maximum Gasteiger partial charge on any atom is 0.370 e. The minimum Gasteiger partial charge on any atom is -0.483 e. The van der Waals surface area contributed by atoms with Crippen LogP contribution in [0.3, 0.4) is 0 Å². The van der Waals surface area contributed by atoms with Crippen LogP contribution < -0.4 is 0 Å². The molecule has 0 aromatic heterocycles. The SMILES string of the molecule is C=CCOC(=C)C(=O)O. The minimum atomic E-state index is -1.14. The van der Waals surface area contributed by atoms with Crippen molar-refractivity contribution in [2.24, 2.45) is 0 Å². The van der Waals surface area contributed by atoms with Gasteiger partial charge in [-0.2, -0.15) is 0 Å². The van der Waals surface area contributed by atoms with E-state index in [0.29, 0.717) is 0 Å². The molecule has 0 aromatic rings. The Bertz CT molecular complexity index is 137. The summed E-state index contributed by atoms with van der Waals surface area (Å²) in [6.07, 6.45) is 1.45. The summed E-state index contributed by atoms with van der Waals surface area (Å²) in [5.41, 5.74) is 0. The van der Waals surface area contributed by atoms with Crippen molar-refractivity contribution >= 4 is 5.97 Å². The third kappa shape index (κ3) is 3.34. The molecule has 3 nitrogen and oxygen atoms in total. The van der Waals surface area contributed by atoms with Crippen LogP contribution >= 0.6 is 0 Å². The van der Waals surface area contributed by atoms with Crippen LogP contribution in [0.1, 0.15) is 0 Å². The van der Waals surface area contributed by atoms with Gasteiger partial charge in [0.05, 0.1) is 0 Å². The van der Waals surface area contributed by atoms with Crippen LogP contribution in [-0.4, -0.2) is 17.7 Å². The Labute approximate surface area is 53.3 Å². The number of carbonyl (C=O) groups is 1. The van der Waals surface area contributed by atoms with Crippen LogP contribution in [0, 0.1) is 0 Å². The van der Waals surface area contributed by atoms with E-state index in [-0.39, 0.29) is 12.4 Å². The molecule has 0 aliphatic heterocycles. The lowest BCUT2D eigenvalue weighted by Crippen LogP contribution is -2.02. The number of hydrogen-bond donors (Lipinski definition) is 1. The van der Waals surface area contributed by atoms with E-state index >= 15 is 0 Å². The lowest BCUT2D eigenvalue weighted by atomic mass is 10.6. The van der Waals surface area contributed by atoms with Gasteiger partial charge in [0.1, 0.15) is 6.61 Å². The molecule has 50 valence electrons. The Balaban J connectivity index is 3.51. The highest BCUT2D eigenvalue weighted by Gasteiger charge is 2.01. The number of aliphatic carboxylic acids is 1. The number of ether oxygens (including phenoxy) is 1. The smallest absolute Gasteiger partial charge is 0.370 e. The van der Waals surface area contributed by atoms with Crippen LogP contribution in [0.5, 0.6) is 0 Å². The van der Waals surface area contributed by atoms with Gasteiger partial charge in [0.2, 0.25) is 0 Å². The summed E-state index contributed by atoms with van der Waals surface area (Å²) >= 11 is 0. The summed E-state index contributed by atoms with van der Waals surface area (Å²) in [6.45, 7) is 6.64. The molecule has 0 saturated heterocycles. The predicted octanol–water partition coefficient (Wildman–Crippen LogP) is 0.787.